The summed E-state index contributed by atoms with van der Waals surface area (Å²) in [6, 6.07) is 47.9. The van der Waals surface area contributed by atoms with Gasteiger partial charge in [-0.25, -0.2) is 0 Å². The quantitative estimate of drug-likeness (QED) is 0.284. The van der Waals surface area contributed by atoms with Crippen LogP contribution in [0.25, 0.3) is 55.3 Å². The first-order chi connectivity index (χ1) is 17.3. The Labute approximate surface area is 205 Å². The monoisotopic (exact) mass is 445 g/mol. The highest BCUT2D eigenvalue weighted by Gasteiger charge is 2.21. The molecular weight excluding hydrogens is 422 g/mol. The Balaban J connectivity index is 1.18. The van der Waals surface area contributed by atoms with Crippen LogP contribution in [0.3, 0.4) is 0 Å². The van der Waals surface area contributed by atoms with Crippen LogP contribution >= 0.6 is 0 Å². The van der Waals surface area contributed by atoms with Gasteiger partial charge in [0.1, 0.15) is 0 Å². The highest BCUT2D eigenvalue weighted by molar-refractivity contribution is 6.15. The van der Waals surface area contributed by atoms with E-state index in [-0.39, 0.29) is 0 Å². The summed E-state index contributed by atoms with van der Waals surface area (Å²) < 4.78 is 0. The van der Waals surface area contributed by atoms with E-state index in [2.05, 4.69) is 133 Å². The number of hydrogen-bond acceptors (Lipinski definition) is 1. The van der Waals surface area contributed by atoms with Crippen LogP contribution in [0.2, 0.25) is 0 Å². The SMILES string of the molecule is c1ccc(-c2cccc(Nc3ccc(-c4ccc5c(c4)-c4cccc6cccc-5c46)cc3)c2)cc1. The first-order valence-corrected chi connectivity index (χ1v) is 12.0. The number of rotatable bonds is 4. The molecule has 1 N–H and O–H groups in total. The van der Waals surface area contributed by atoms with Crippen LogP contribution in [0.4, 0.5) is 11.4 Å². The maximum Gasteiger partial charge on any atom is 0.0390 e. The summed E-state index contributed by atoms with van der Waals surface area (Å²) in [5, 5.41) is 6.24. The van der Waals surface area contributed by atoms with Gasteiger partial charge in [-0.05, 0) is 85.6 Å². The van der Waals surface area contributed by atoms with E-state index >= 15 is 0 Å². The third-order valence-electron chi connectivity index (χ3n) is 6.98. The van der Waals surface area contributed by atoms with E-state index in [1.807, 2.05) is 6.07 Å². The fourth-order valence-corrected chi connectivity index (χ4v) is 5.29. The van der Waals surface area contributed by atoms with Crippen molar-refractivity contribution in [2.45, 2.75) is 0 Å². The predicted octanol–water partition coefficient (Wildman–Crippen LogP) is 9.56. The highest BCUT2D eigenvalue weighted by atomic mass is 14.9. The Kier molecular flexibility index (Phi) is 4.53. The number of fused-ring (bicyclic) bond motifs is 3. The minimum atomic E-state index is 1.08. The van der Waals surface area contributed by atoms with Crippen molar-refractivity contribution in [3.05, 3.63) is 133 Å². The molecule has 0 spiro atoms. The molecule has 1 heteroatoms. The summed E-state index contributed by atoms with van der Waals surface area (Å²) in [6.45, 7) is 0. The Bertz CT molecular complexity index is 1690. The molecule has 0 fully saturated rings. The highest BCUT2D eigenvalue weighted by Crippen LogP contribution is 2.48. The normalized spacial score (nSPS) is 11.4. The molecule has 35 heavy (non-hydrogen) atoms. The fraction of sp³-hybridized carbons (Fsp3) is 0. The molecule has 1 aliphatic rings. The molecule has 0 saturated heterocycles. The molecule has 1 aliphatic carbocycles. The predicted molar refractivity (Wildman–Crippen MR) is 149 cm³/mol. The number of hydrogen-bond donors (Lipinski definition) is 1. The van der Waals surface area contributed by atoms with Gasteiger partial charge in [0.25, 0.3) is 0 Å². The maximum atomic E-state index is 3.56. The molecule has 0 aliphatic heterocycles. The van der Waals surface area contributed by atoms with Crippen molar-refractivity contribution >= 4 is 22.1 Å². The van der Waals surface area contributed by atoms with Gasteiger partial charge in [0.2, 0.25) is 0 Å². The Morgan fingerprint density at radius 1 is 0.343 bits per heavy atom. The number of nitrogens with one attached hydrogen (secondary N) is 1. The molecule has 0 amide bonds. The summed E-state index contributed by atoms with van der Waals surface area (Å²) in [7, 11) is 0. The third-order valence-corrected chi connectivity index (χ3v) is 6.98. The largest absolute Gasteiger partial charge is 0.356 e. The molecule has 0 heterocycles. The van der Waals surface area contributed by atoms with Gasteiger partial charge in [-0.15, -0.1) is 0 Å². The van der Waals surface area contributed by atoms with E-state index in [4.69, 9.17) is 0 Å². The van der Waals surface area contributed by atoms with E-state index in [0.717, 1.165) is 11.4 Å². The van der Waals surface area contributed by atoms with E-state index in [9.17, 15) is 0 Å². The second-order valence-electron chi connectivity index (χ2n) is 9.12. The van der Waals surface area contributed by atoms with Crippen molar-refractivity contribution in [3.63, 3.8) is 0 Å². The summed E-state index contributed by atoms with van der Waals surface area (Å²) in [4.78, 5) is 0. The lowest BCUT2D eigenvalue weighted by Gasteiger charge is -2.11. The summed E-state index contributed by atoms with van der Waals surface area (Å²) >= 11 is 0. The lowest BCUT2D eigenvalue weighted by atomic mass is 9.97. The summed E-state index contributed by atoms with van der Waals surface area (Å²) in [5.41, 5.74) is 12.4. The van der Waals surface area contributed by atoms with Gasteiger partial charge in [0.05, 0.1) is 0 Å². The topological polar surface area (TPSA) is 12.0 Å². The molecule has 0 unspecified atom stereocenters. The zero-order valence-electron chi connectivity index (χ0n) is 19.2. The molecule has 164 valence electrons. The van der Waals surface area contributed by atoms with Crippen molar-refractivity contribution in [1.82, 2.24) is 0 Å². The van der Waals surface area contributed by atoms with Crippen LogP contribution in [0, 0.1) is 0 Å². The third kappa shape index (κ3) is 3.41. The fourth-order valence-electron chi connectivity index (χ4n) is 5.29. The molecule has 6 aromatic rings. The lowest BCUT2D eigenvalue weighted by molar-refractivity contribution is 1.53. The van der Waals surface area contributed by atoms with Crippen molar-refractivity contribution in [3.8, 4) is 44.5 Å². The zero-order chi connectivity index (χ0) is 23.2. The van der Waals surface area contributed by atoms with Gasteiger partial charge >= 0.3 is 0 Å². The van der Waals surface area contributed by atoms with Crippen LogP contribution in [0.5, 0.6) is 0 Å². The van der Waals surface area contributed by atoms with Gasteiger partial charge in [0, 0.05) is 11.4 Å². The first-order valence-electron chi connectivity index (χ1n) is 12.0. The second kappa shape index (κ2) is 8.00. The van der Waals surface area contributed by atoms with Crippen molar-refractivity contribution in [2.75, 3.05) is 5.32 Å². The summed E-state index contributed by atoms with van der Waals surface area (Å²) in [5.74, 6) is 0. The first kappa shape index (κ1) is 19.8. The molecule has 6 aromatic carbocycles. The standard InChI is InChI=1S/C34H23N/c1-2-7-23(8-3-1)26-11-4-12-29(21-26)35-28-18-15-24(16-19-28)27-17-20-30-31-13-5-9-25-10-6-14-32(34(25)31)33(30)22-27/h1-22,35H. The maximum absolute atomic E-state index is 3.56. The molecular formula is C34H23N. The summed E-state index contributed by atoms with van der Waals surface area (Å²) in [6.07, 6.45) is 0. The van der Waals surface area contributed by atoms with Gasteiger partial charge < -0.3 is 5.32 Å². The smallest absolute Gasteiger partial charge is 0.0390 e. The van der Waals surface area contributed by atoms with E-state index in [1.54, 1.807) is 0 Å². The average molecular weight is 446 g/mol. The van der Waals surface area contributed by atoms with Gasteiger partial charge in [-0.1, -0.05) is 103 Å². The van der Waals surface area contributed by atoms with Crippen LogP contribution in [-0.2, 0) is 0 Å². The number of anilines is 2. The average Bonchev–Trinajstić information content (AvgIpc) is 3.25. The van der Waals surface area contributed by atoms with Gasteiger partial charge in [0.15, 0.2) is 0 Å². The number of benzene rings is 6. The molecule has 0 bridgehead atoms. The molecule has 0 aromatic heterocycles. The van der Waals surface area contributed by atoms with Crippen molar-refractivity contribution in [2.24, 2.45) is 0 Å². The van der Waals surface area contributed by atoms with Crippen LogP contribution in [0.15, 0.2) is 133 Å². The molecule has 0 saturated carbocycles. The van der Waals surface area contributed by atoms with Gasteiger partial charge in [-0.2, -0.15) is 0 Å². The molecule has 7 rings (SSSR count). The van der Waals surface area contributed by atoms with Crippen LogP contribution in [0.1, 0.15) is 0 Å². The second-order valence-corrected chi connectivity index (χ2v) is 9.12. The lowest BCUT2D eigenvalue weighted by Crippen LogP contribution is -1.91. The van der Waals surface area contributed by atoms with Crippen molar-refractivity contribution < 1.29 is 0 Å². The van der Waals surface area contributed by atoms with E-state index in [1.165, 1.54) is 55.3 Å². The zero-order valence-corrected chi connectivity index (χ0v) is 19.2. The minimum Gasteiger partial charge on any atom is -0.356 e. The Morgan fingerprint density at radius 3 is 1.77 bits per heavy atom. The molecule has 0 radical (unpaired) electrons. The van der Waals surface area contributed by atoms with Crippen molar-refractivity contribution in [1.29, 1.82) is 0 Å². The van der Waals surface area contributed by atoms with Crippen LogP contribution < -0.4 is 5.32 Å². The van der Waals surface area contributed by atoms with E-state index < -0.39 is 0 Å². The Hall–Kier alpha value is -4.62. The van der Waals surface area contributed by atoms with Crippen LogP contribution in [-0.4, -0.2) is 0 Å². The minimum absolute atomic E-state index is 1.08. The Morgan fingerprint density at radius 2 is 0.971 bits per heavy atom. The van der Waals surface area contributed by atoms with Gasteiger partial charge in [-0.3, -0.25) is 0 Å². The molecule has 0 atom stereocenters. The van der Waals surface area contributed by atoms with E-state index in [0.29, 0.717) is 0 Å². The molecule has 1 nitrogen and oxygen atoms in total.